The number of carboxylic acid groups (broad SMARTS) is 1. The van der Waals surface area contributed by atoms with Crippen LogP contribution in [0.4, 0.5) is 0 Å². The molecule has 9 heteroatoms. The molecular weight excluding hydrogens is 540 g/mol. The van der Waals surface area contributed by atoms with Gasteiger partial charge in [0.2, 0.25) is 0 Å². The molecule has 0 saturated carbocycles. The van der Waals surface area contributed by atoms with Crippen LogP contribution in [0.2, 0.25) is 0 Å². The van der Waals surface area contributed by atoms with Crippen molar-refractivity contribution in [2.45, 2.75) is 44.6 Å². The summed E-state index contributed by atoms with van der Waals surface area (Å²) in [4.78, 5) is 48.1. The highest BCUT2D eigenvalue weighted by Crippen LogP contribution is 2.36. The first-order chi connectivity index (χ1) is 20.3. The Hall–Kier alpha value is -4.50. The zero-order valence-electron chi connectivity index (χ0n) is 23.7. The monoisotopic (exact) mass is 576 g/mol. The maximum absolute atomic E-state index is 13.3. The number of aliphatic carboxylic acids is 1. The smallest absolute Gasteiger partial charge is 0.343 e. The lowest BCUT2D eigenvalue weighted by Crippen LogP contribution is -2.31. The van der Waals surface area contributed by atoms with Gasteiger partial charge < -0.3 is 24.1 Å². The first-order valence-corrected chi connectivity index (χ1v) is 13.9. The van der Waals surface area contributed by atoms with Crippen molar-refractivity contribution in [3.63, 3.8) is 0 Å². The molecule has 0 fully saturated rings. The van der Waals surface area contributed by atoms with Crippen LogP contribution in [-0.2, 0) is 29.4 Å². The lowest BCUT2D eigenvalue weighted by molar-refractivity contribution is -0.139. The minimum Gasteiger partial charge on any atom is -0.481 e. The number of carbonyl (C=O) groups is 4. The minimum atomic E-state index is -1.19. The third kappa shape index (κ3) is 9.01. The Labute approximate surface area is 245 Å². The molecule has 0 bridgehead atoms. The Morgan fingerprint density at radius 3 is 2.17 bits per heavy atom. The van der Waals surface area contributed by atoms with E-state index in [1.54, 1.807) is 36.4 Å². The lowest BCUT2D eigenvalue weighted by Gasteiger charge is -2.32. The second-order valence-corrected chi connectivity index (χ2v) is 9.61. The summed E-state index contributed by atoms with van der Waals surface area (Å²) in [6.07, 6.45) is 11.3. The normalized spacial score (nSPS) is 17.3. The first kappa shape index (κ1) is 32.0. The summed E-state index contributed by atoms with van der Waals surface area (Å²) in [6, 6.07) is 12.9. The largest absolute Gasteiger partial charge is 0.481 e. The van der Waals surface area contributed by atoms with Crippen molar-refractivity contribution >= 4 is 23.9 Å². The summed E-state index contributed by atoms with van der Waals surface area (Å²) >= 11 is 0. The quantitative estimate of drug-likeness (QED) is 0.0867. The molecule has 222 valence electrons. The van der Waals surface area contributed by atoms with Crippen molar-refractivity contribution < 1.29 is 43.2 Å². The van der Waals surface area contributed by atoms with Gasteiger partial charge in [-0.05, 0) is 68.2 Å². The highest BCUT2D eigenvalue weighted by atomic mass is 16.5. The third-order valence-electron chi connectivity index (χ3n) is 6.48. The second-order valence-electron chi connectivity index (χ2n) is 9.61. The summed E-state index contributed by atoms with van der Waals surface area (Å²) < 4.78 is 22.1. The fourth-order valence-corrected chi connectivity index (χ4v) is 4.26. The number of benzene rings is 2. The molecule has 0 aliphatic heterocycles. The number of ether oxygens (including phenoxy) is 4. The fourth-order valence-electron chi connectivity index (χ4n) is 4.26. The summed E-state index contributed by atoms with van der Waals surface area (Å²) in [5, 5.41) is 9.47. The molecule has 0 saturated heterocycles. The molecule has 0 amide bonds. The van der Waals surface area contributed by atoms with Gasteiger partial charge in [0.05, 0.1) is 30.3 Å². The van der Waals surface area contributed by atoms with Gasteiger partial charge in [-0.2, -0.15) is 0 Å². The topological polar surface area (TPSA) is 125 Å². The summed E-state index contributed by atoms with van der Waals surface area (Å²) in [6.45, 7) is 6.24. The van der Waals surface area contributed by atoms with Crippen LogP contribution < -0.4 is 4.74 Å². The number of unbranched alkanes of at least 4 members (excludes halogenated alkanes) is 3. The Balaban J connectivity index is 1.72. The zero-order chi connectivity index (χ0) is 30.4. The van der Waals surface area contributed by atoms with Gasteiger partial charge in [0.15, 0.2) is 0 Å². The molecule has 0 radical (unpaired) electrons. The number of esters is 3. The Bertz CT molecular complexity index is 1290. The highest BCUT2D eigenvalue weighted by Gasteiger charge is 2.35. The van der Waals surface area contributed by atoms with E-state index in [9.17, 15) is 24.3 Å². The molecule has 2 aromatic rings. The molecule has 2 aromatic carbocycles. The van der Waals surface area contributed by atoms with Crippen molar-refractivity contribution in [1.29, 1.82) is 0 Å². The van der Waals surface area contributed by atoms with Gasteiger partial charge in [-0.1, -0.05) is 50.3 Å². The van der Waals surface area contributed by atoms with E-state index in [0.29, 0.717) is 50.2 Å². The summed E-state index contributed by atoms with van der Waals surface area (Å²) in [5.41, 5.74) is -0.0914. The van der Waals surface area contributed by atoms with E-state index >= 15 is 0 Å². The van der Waals surface area contributed by atoms with E-state index < -0.39 is 35.4 Å². The van der Waals surface area contributed by atoms with Crippen LogP contribution >= 0.6 is 0 Å². The van der Waals surface area contributed by atoms with Gasteiger partial charge in [-0.25, -0.2) is 14.4 Å². The maximum Gasteiger partial charge on any atom is 0.343 e. The van der Waals surface area contributed by atoms with Crippen LogP contribution in [0.15, 0.2) is 85.5 Å². The molecule has 3 rings (SSSR count). The molecule has 42 heavy (non-hydrogen) atoms. The van der Waals surface area contributed by atoms with Crippen molar-refractivity contribution in [1.82, 2.24) is 0 Å². The van der Waals surface area contributed by atoms with Crippen molar-refractivity contribution in [3.8, 4) is 5.75 Å². The molecule has 1 aliphatic carbocycles. The van der Waals surface area contributed by atoms with E-state index in [2.05, 4.69) is 6.58 Å². The molecule has 0 unspecified atom stereocenters. The molecule has 0 atom stereocenters. The molecule has 1 aliphatic rings. The van der Waals surface area contributed by atoms with E-state index in [0.717, 1.165) is 18.9 Å². The average molecular weight is 577 g/mol. The number of hydrogen-bond donors (Lipinski definition) is 1. The number of hydrogen-bond acceptors (Lipinski definition) is 8. The van der Waals surface area contributed by atoms with Gasteiger partial charge in [0.25, 0.3) is 0 Å². The maximum atomic E-state index is 13.3. The van der Waals surface area contributed by atoms with Crippen LogP contribution in [0.1, 0.15) is 65.3 Å². The van der Waals surface area contributed by atoms with E-state index in [1.165, 1.54) is 36.4 Å². The van der Waals surface area contributed by atoms with Crippen LogP contribution in [0.25, 0.3) is 0 Å². The standard InChI is InChI=1S/C33H36O9/c1-3-21-40-31(37)25-13-15-26(16-14-25)42-32(38)27-11-7-8-12-28(27)33(19-17-24(18-20-33)30(35)36)41-23-10-6-5-9-22-39-29(34)4-2/h4,7-8,11-20,24H,2-3,5-6,9-10,21-23H2,1H3,(H,35,36). The van der Waals surface area contributed by atoms with Crippen LogP contribution in [-0.4, -0.2) is 48.8 Å². The number of carboxylic acids is 1. The third-order valence-corrected chi connectivity index (χ3v) is 6.48. The number of rotatable bonds is 16. The summed E-state index contributed by atoms with van der Waals surface area (Å²) in [7, 11) is 0. The molecular formula is C33H36O9. The highest BCUT2D eigenvalue weighted by molar-refractivity contribution is 5.94. The van der Waals surface area contributed by atoms with Crippen LogP contribution in [0, 0.1) is 5.92 Å². The van der Waals surface area contributed by atoms with Gasteiger partial charge >= 0.3 is 23.9 Å². The van der Waals surface area contributed by atoms with Crippen molar-refractivity contribution in [2.24, 2.45) is 5.92 Å². The Morgan fingerprint density at radius 2 is 1.52 bits per heavy atom. The lowest BCUT2D eigenvalue weighted by atomic mass is 9.83. The summed E-state index contributed by atoms with van der Waals surface area (Å²) in [5.74, 6) is -3.10. The Kier molecular flexibility index (Phi) is 12.3. The second kappa shape index (κ2) is 16.1. The number of carbonyl (C=O) groups excluding carboxylic acids is 3. The SMILES string of the molecule is C=CC(=O)OCCCCCCOC1(c2ccccc2C(=O)Oc2ccc(C(=O)OCCC)cc2)C=CC(C(=O)O)C=C1. The molecule has 1 N–H and O–H groups in total. The first-order valence-electron chi connectivity index (χ1n) is 13.9. The Morgan fingerprint density at radius 1 is 0.857 bits per heavy atom. The molecule has 9 nitrogen and oxygen atoms in total. The average Bonchev–Trinajstić information content (AvgIpc) is 3.01. The predicted octanol–water partition coefficient (Wildman–Crippen LogP) is 5.80. The molecule has 0 aromatic heterocycles. The van der Waals surface area contributed by atoms with Crippen molar-refractivity contribution in [2.75, 3.05) is 19.8 Å². The van der Waals surface area contributed by atoms with E-state index in [1.807, 2.05) is 6.92 Å². The zero-order valence-corrected chi connectivity index (χ0v) is 23.7. The van der Waals surface area contributed by atoms with Gasteiger partial charge in [-0.3, -0.25) is 4.79 Å². The van der Waals surface area contributed by atoms with Crippen LogP contribution in [0.5, 0.6) is 5.75 Å². The van der Waals surface area contributed by atoms with Crippen molar-refractivity contribution in [3.05, 3.63) is 102 Å². The van der Waals surface area contributed by atoms with Gasteiger partial charge in [-0.15, -0.1) is 0 Å². The molecule has 0 spiro atoms. The van der Waals surface area contributed by atoms with Crippen LogP contribution in [0.3, 0.4) is 0 Å². The fraction of sp³-hybridized carbons (Fsp3) is 0.333. The molecule has 0 heterocycles. The van der Waals surface area contributed by atoms with E-state index in [-0.39, 0.29) is 11.3 Å². The van der Waals surface area contributed by atoms with Gasteiger partial charge in [0.1, 0.15) is 11.4 Å². The van der Waals surface area contributed by atoms with Gasteiger partial charge in [0, 0.05) is 18.2 Å². The van der Waals surface area contributed by atoms with E-state index in [4.69, 9.17) is 18.9 Å². The minimum absolute atomic E-state index is 0.246. The predicted molar refractivity (Wildman–Crippen MR) is 155 cm³/mol.